The average molecular weight is 389 g/mol. The van der Waals surface area contributed by atoms with E-state index < -0.39 is 11.6 Å². The molecule has 2 N–H and O–H groups in total. The van der Waals surface area contributed by atoms with Crippen molar-refractivity contribution < 1.29 is 19.8 Å². The second-order valence-corrected chi connectivity index (χ2v) is 6.26. The minimum absolute atomic E-state index is 0.0665. The molecule has 1 aliphatic heterocycles. The number of carboxylic acid groups (broad SMARTS) is 1. The fraction of sp³-hybridized carbons (Fsp3) is 0.429. The van der Waals surface area contributed by atoms with Crippen molar-refractivity contribution in [2.45, 2.75) is 25.4 Å². The molecule has 0 aromatic heterocycles. The lowest BCUT2D eigenvalue weighted by molar-refractivity contribution is -0.162. The van der Waals surface area contributed by atoms with E-state index in [1.54, 1.807) is 11.0 Å². The Morgan fingerprint density at radius 3 is 2.40 bits per heavy atom. The highest BCUT2D eigenvalue weighted by molar-refractivity contribution is 14.1. The molecule has 6 heteroatoms. The van der Waals surface area contributed by atoms with Gasteiger partial charge in [0.05, 0.1) is 0 Å². The van der Waals surface area contributed by atoms with Gasteiger partial charge in [0.25, 0.3) is 5.91 Å². The van der Waals surface area contributed by atoms with Gasteiger partial charge in [-0.1, -0.05) is 6.07 Å². The highest BCUT2D eigenvalue weighted by Crippen LogP contribution is 2.24. The van der Waals surface area contributed by atoms with Gasteiger partial charge in [-0.15, -0.1) is 0 Å². The van der Waals surface area contributed by atoms with E-state index in [1.165, 1.54) is 0 Å². The molecule has 1 aromatic rings. The maximum Gasteiger partial charge on any atom is 0.335 e. The third kappa shape index (κ3) is 2.95. The van der Waals surface area contributed by atoms with Gasteiger partial charge in [-0.2, -0.15) is 0 Å². The molecular weight excluding hydrogens is 373 g/mol. The van der Waals surface area contributed by atoms with Crippen LogP contribution >= 0.6 is 22.6 Å². The molecule has 0 atom stereocenters. The number of hydrogen-bond acceptors (Lipinski definition) is 3. The zero-order valence-corrected chi connectivity index (χ0v) is 13.3. The normalized spacial score (nSPS) is 17.9. The van der Waals surface area contributed by atoms with Crippen LogP contribution in [-0.4, -0.2) is 45.7 Å². The van der Waals surface area contributed by atoms with Crippen molar-refractivity contribution in [1.82, 2.24) is 4.90 Å². The highest BCUT2D eigenvalue weighted by Gasteiger charge is 2.40. The number of aliphatic carboxylic acids is 1. The Morgan fingerprint density at radius 2 is 1.90 bits per heavy atom. The lowest BCUT2D eigenvalue weighted by atomic mass is 9.91. The highest BCUT2D eigenvalue weighted by atomic mass is 127. The fourth-order valence-electron chi connectivity index (χ4n) is 2.20. The number of hydrogen-bond donors (Lipinski definition) is 2. The number of carbonyl (C=O) groups is 2. The quantitative estimate of drug-likeness (QED) is 0.755. The lowest BCUT2D eigenvalue weighted by Crippen LogP contribution is -2.50. The molecule has 0 saturated carbocycles. The summed E-state index contributed by atoms with van der Waals surface area (Å²) in [6.07, 6.45) is 0.133. The van der Waals surface area contributed by atoms with Crippen LogP contribution in [0, 0.1) is 10.5 Å². The zero-order chi connectivity index (χ0) is 14.9. The molecule has 2 rings (SSSR count). The first-order valence-corrected chi connectivity index (χ1v) is 7.42. The summed E-state index contributed by atoms with van der Waals surface area (Å²) in [6.45, 7) is 2.49. The summed E-state index contributed by atoms with van der Waals surface area (Å²) in [7, 11) is 0. The van der Waals surface area contributed by atoms with Gasteiger partial charge in [-0.05, 0) is 47.2 Å². The summed E-state index contributed by atoms with van der Waals surface area (Å²) in [5, 5.41) is 18.8. The van der Waals surface area contributed by atoms with E-state index in [1.807, 2.05) is 19.1 Å². The lowest BCUT2D eigenvalue weighted by Gasteiger charge is -2.35. The first-order chi connectivity index (χ1) is 9.33. The molecule has 20 heavy (non-hydrogen) atoms. The summed E-state index contributed by atoms with van der Waals surface area (Å²) in [5.74, 6) is -1.33. The minimum atomic E-state index is -1.70. The Balaban J connectivity index is 2.08. The molecule has 1 aliphatic rings. The maximum absolute atomic E-state index is 12.3. The van der Waals surface area contributed by atoms with E-state index in [0.717, 1.165) is 9.13 Å². The predicted molar refractivity (Wildman–Crippen MR) is 81.6 cm³/mol. The van der Waals surface area contributed by atoms with E-state index >= 15 is 0 Å². The Hall–Kier alpha value is -1.15. The molecule has 108 valence electrons. The summed E-state index contributed by atoms with van der Waals surface area (Å²) >= 11 is 2.18. The number of aryl methyl sites for hydroxylation is 1. The molecule has 1 fully saturated rings. The van der Waals surface area contributed by atoms with Gasteiger partial charge in [0.1, 0.15) is 0 Å². The molecule has 5 nitrogen and oxygen atoms in total. The molecule has 0 aliphatic carbocycles. The third-order valence-corrected chi connectivity index (χ3v) is 4.86. The number of carboxylic acids is 1. The minimum Gasteiger partial charge on any atom is -0.479 e. The second kappa shape index (κ2) is 5.69. The van der Waals surface area contributed by atoms with E-state index in [-0.39, 0.29) is 31.8 Å². The van der Waals surface area contributed by atoms with E-state index in [0.29, 0.717) is 5.56 Å². The molecule has 0 bridgehead atoms. The van der Waals surface area contributed by atoms with Crippen molar-refractivity contribution >= 4 is 34.5 Å². The Labute approximate surface area is 130 Å². The number of likely N-dealkylation sites (tertiary alicyclic amines) is 1. The predicted octanol–water partition coefficient (Wildman–Crippen LogP) is 1.65. The largest absolute Gasteiger partial charge is 0.479 e. The van der Waals surface area contributed by atoms with Crippen LogP contribution in [0.15, 0.2) is 18.2 Å². The van der Waals surface area contributed by atoms with Crippen LogP contribution in [0.5, 0.6) is 0 Å². The Morgan fingerprint density at radius 1 is 1.30 bits per heavy atom. The van der Waals surface area contributed by atoms with Crippen LogP contribution in [0.1, 0.15) is 28.8 Å². The number of halogens is 1. The fourth-order valence-corrected chi connectivity index (χ4v) is 2.72. The maximum atomic E-state index is 12.3. The summed E-state index contributed by atoms with van der Waals surface area (Å²) in [4.78, 5) is 24.9. The number of benzene rings is 1. The van der Waals surface area contributed by atoms with Crippen LogP contribution in [0.3, 0.4) is 0 Å². The summed E-state index contributed by atoms with van der Waals surface area (Å²) < 4.78 is 1.02. The average Bonchev–Trinajstić information content (AvgIpc) is 2.42. The molecule has 1 saturated heterocycles. The van der Waals surface area contributed by atoms with Crippen molar-refractivity contribution in [2.75, 3.05) is 13.1 Å². The second-order valence-electron chi connectivity index (χ2n) is 5.09. The van der Waals surface area contributed by atoms with Gasteiger partial charge in [0.2, 0.25) is 0 Å². The monoisotopic (exact) mass is 389 g/mol. The van der Waals surface area contributed by atoms with Gasteiger partial charge in [0.15, 0.2) is 5.60 Å². The van der Waals surface area contributed by atoms with Crippen molar-refractivity contribution in [2.24, 2.45) is 0 Å². The Bertz CT molecular complexity index is 550. The standard InChI is InChI=1S/C14H16INO4/c1-9-2-3-10(8-11(9)15)12(17)16-6-4-14(20,5-7-16)13(18)19/h2-3,8,20H,4-7H2,1H3,(H,18,19). The summed E-state index contributed by atoms with van der Waals surface area (Å²) in [5.41, 5.74) is 0.0141. The van der Waals surface area contributed by atoms with Crippen LogP contribution < -0.4 is 0 Å². The van der Waals surface area contributed by atoms with Crippen molar-refractivity contribution in [3.63, 3.8) is 0 Å². The number of nitrogens with zero attached hydrogens (tertiary/aromatic N) is 1. The molecule has 1 amide bonds. The molecular formula is C14H16INO4. The van der Waals surface area contributed by atoms with Gasteiger partial charge in [0, 0.05) is 35.1 Å². The number of amides is 1. The van der Waals surface area contributed by atoms with Crippen molar-refractivity contribution in [3.05, 3.63) is 32.9 Å². The van der Waals surface area contributed by atoms with Crippen LogP contribution in [0.4, 0.5) is 0 Å². The molecule has 1 heterocycles. The number of piperidine rings is 1. The van der Waals surface area contributed by atoms with E-state index in [9.17, 15) is 14.7 Å². The van der Waals surface area contributed by atoms with Gasteiger partial charge >= 0.3 is 5.97 Å². The van der Waals surface area contributed by atoms with Gasteiger partial charge < -0.3 is 15.1 Å². The van der Waals surface area contributed by atoms with Crippen LogP contribution in [-0.2, 0) is 4.79 Å². The first-order valence-electron chi connectivity index (χ1n) is 6.35. The van der Waals surface area contributed by atoms with Crippen LogP contribution in [0.25, 0.3) is 0 Å². The van der Waals surface area contributed by atoms with E-state index in [2.05, 4.69) is 22.6 Å². The molecule has 0 radical (unpaired) electrons. The summed E-state index contributed by atoms with van der Waals surface area (Å²) in [6, 6.07) is 5.50. The smallest absolute Gasteiger partial charge is 0.335 e. The topological polar surface area (TPSA) is 77.8 Å². The SMILES string of the molecule is Cc1ccc(C(=O)N2CCC(O)(C(=O)O)CC2)cc1I. The van der Waals surface area contributed by atoms with Crippen LogP contribution in [0.2, 0.25) is 0 Å². The first kappa shape index (κ1) is 15.2. The van der Waals surface area contributed by atoms with Crippen molar-refractivity contribution in [1.29, 1.82) is 0 Å². The zero-order valence-electron chi connectivity index (χ0n) is 11.1. The van der Waals surface area contributed by atoms with Crippen molar-refractivity contribution in [3.8, 4) is 0 Å². The third-order valence-electron chi connectivity index (χ3n) is 3.69. The number of aliphatic hydroxyl groups is 1. The molecule has 0 spiro atoms. The molecule has 1 aromatic carbocycles. The van der Waals surface area contributed by atoms with Gasteiger partial charge in [-0.25, -0.2) is 4.79 Å². The number of carbonyl (C=O) groups excluding carboxylic acids is 1. The Kier molecular flexibility index (Phi) is 4.33. The van der Waals surface area contributed by atoms with Gasteiger partial charge in [-0.3, -0.25) is 4.79 Å². The van der Waals surface area contributed by atoms with E-state index in [4.69, 9.17) is 5.11 Å². The number of rotatable bonds is 2. The molecule has 0 unspecified atom stereocenters.